The summed E-state index contributed by atoms with van der Waals surface area (Å²) in [5.41, 5.74) is 0. The zero-order valence-electron chi connectivity index (χ0n) is 7.78. The molecular weight excluding hydrogens is 398 g/mol. The van der Waals surface area contributed by atoms with Crippen LogP contribution in [0.4, 0.5) is 0 Å². The van der Waals surface area contributed by atoms with E-state index in [1.807, 2.05) is 0 Å². The van der Waals surface area contributed by atoms with Crippen LogP contribution in [0.3, 0.4) is 0 Å². The van der Waals surface area contributed by atoms with E-state index >= 15 is 0 Å². The van der Waals surface area contributed by atoms with E-state index in [9.17, 15) is 0 Å². The van der Waals surface area contributed by atoms with E-state index in [0.717, 1.165) is 0 Å². The molecule has 0 saturated heterocycles. The van der Waals surface area contributed by atoms with Gasteiger partial charge in [-0.25, -0.2) is 0 Å². The first-order valence-corrected chi connectivity index (χ1v) is 8.54. The van der Waals surface area contributed by atoms with E-state index in [1.165, 1.54) is 28.1 Å². The zero-order chi connectivity index (χ0) is 11.3. The molecule has 0 aliphatic carbocycles. The number of halogens is 2. The Labute approximate surface area is 95.3 Å². The van der Waals surface area contributed by atoms with E-state index in [0.29, 0.717) is 0 Å². The predicted molar refractivity (Wildman–Crippen MR) is 53.8 cm³/mol. The second-order valence-electron chi connectivity index (χ2n) is 1.49. The molecular formula is C6H12Cl2N2O2Pt. The van der Waals surface area contributed by atoms with Crippen molar-refractivity contribution in [3.8, 4) is 0 Å². The van der Waals surface area contributed by atoms with Gasteiger partial charge in [-0.15, -0.1) is 0 Å². The van der Waals surface area contributed by atoms with Crippen molar-refractivity contribution >= 4 is 30.6 Å². The summed E-state index contributed by atoms with van der Waals surface area (Å²) in [5.74, 6) is 0.00926. The first-order valence-electron chi connectivity index (χ1n) is 2.91. The Morgan fingerprint density at radius 1 is 1.00 bits per heavy atom. The molecule has 0 spiro atoms. The molecule has 0 aliphatic heterocycles. The Kier molecular flexibility index (Phi) is 26.3. The Morgan fingerprint density at radius 2 is 1.08 bits per heavy atom. The van der Waals surface area contributed by atoms with Crippen LogP contribution in [-0.2, 0) is 26.0 Å². The van der Waals surface area contributed by atoms with Gasteiger partial charge in [0, 0.05) is 0 Å². The first-order chi connectivity index (χ1) is 5.95. The molecule has 0 radical (unpaired) electrons. The molecule has 0 unspecified atom stereocenters. The minimum atomic E-state index is -0.472. The molecule has 0 amide bonds. The van der Waals surface area contributed by atoms with Gasteiger partial charge in [0.15, 0.2) is 0 Å². The Hall–Kier alpha value is 0.208. The molecule has 0 fully saturated rings. The van der Waals surface area contributed by atoms with E-state index in [-0.39, 0.29) is 11.8 Å². The van der Waals surface area contributed by atoms with Gasteiger partial charge in [-0.1, -0.05) is 0 Å². The molecule has 7 heteroatoms. The molecule has 82 valence electrons. The van der Waals surface area contributed by atoms with Gasteiger partial charge in [0.05, 0.1) is 14.2 Å². The number of hydrogen-bond acceptors (Lipinski definition) is 2. The summed E-state index contributed by atoms with van der Waals surface area (Å²) < 4.78 is 8.44. The Morgan fingerprint density at radius 3 is 1.08 bits per heavy atom. The molecule has 0 saturated carbocycles. The Bertz CT molecular complexity index is 122. The summed E-state index contributed by atoms with van der Waals surface area (Å²) in [6, 6.07) is 0. The molecule has 13 heavy (non-hydrogen) atoms. The maximum atomic E-state index is 8.06. The third-order valence-electron chi connectivity index (χ3n) is 0.591. The summed E-state index contributed by atoms with van der Waals surface area (Å²) in [6.45, 7) is 2.94. The fourth-order valence-electron chi connectivity index (χ4n) is 0. The summed E-state index contributed by atoms with van der Waals surface area (Å²) in [4.78, 5) is 0. The second-order valence-corrected chi connectivity index (χ2v) is 4.77. The van der Waals surface area contributed by atoms with E-state index in [4.69, 9.17) is 29.7 Å². The van der Waals surface area contributed by atoms with Crippen molar-refractivity contribution in [2.45, 2.75) is 13.8 Å². The van der Waals surface area contributed by atoms with Crippen LogP contribution in [0.25, 0.3) is 10.8 Å². The van der Waals surface area contributed by atoms with Crippen LogP contribution in [0.2, 0.25) is 0 Å². The summed E-state index contributed by atoms with van der Waals surface area (Å²) in [6.07, 6.45) is 0. The van der Waals surface area contributed by atoms with Crippen molar-refractivity contribution < 1.29 is 26.0 Å². The van der Waals surface area contributed by atoms with Crippen LogP contribution in [0, 0.1) is 0 Å². The number of ether oxygens (including phenoxy) is 2. The van der Waals surface area contributed by atoms with Crippen LogP contribution in [-0.4, -0.2) is 26.0 Å². The van der Waals surface area contributed by atoms with E-state index in [1.54, 1.807) is 0 Å². The molecule has 4 nitrogen and oxygen atoms in total. The number of hydrogen-bond donors (Lipinski definition) is 0. The minimum absolute atomic E-state index is 0.00463. The van der Waals surface area contributed by atoms with Gasteiger partial charge in [-0.2, -0.15) is 0 Å². The van der Waals surface area contributed by atoms with Crippen molar-refractivity contribution in [3.63, 3.8) is 0 Å². The van der Waals surface area contributed by atoms with Crippen molar-refractivity contribution in [3.05, 3.63) is 10.8 Å². The van der Waals surface area contributed by atoms with Crippen molar-refractivity contribution in [2.75, 3.05) is 14.2 Å². The zero-order valence-corrected chi connectivity index (χ0v) is 11.6. The van der Waals surface area contributed by atoms with Crippen LogP contribution >= 0.6 is 18.8 Å². The summed E-state index contributed by atoms with van der Waals surface area (Å²) in [5, 5.41) is 16.1. The van der Waals surface area contributed by atoms with Gasteiger partial charge in [-0.05, 0) is 25.6 Å². The van der Waals surface area contributed by atoms with Gasteiger partial charge in [-0.3, -0.25) is 0 Å². The number of methoxy groups -OCH3 is 2. The van der Waals surface area contributed by atoms with Crippen molar-refractivity contribution in [1.82, 2.24) is 0 Å². The molecule has 0 bridgehead atoms. The van der Waals surface area contributed by atoms with Crippen LogP contribution in [0.1, 0.15) is 13.8 Å². The third kappa shape index (κ3) is 71.8. The van der Waals surface area contributed by atoms with Gasteiger partial charge in [0.2, 0.25) is 0 Å². The topological polar surface area (TPSA) is 63.1 Å². The van der Waals surface area contributed by atoms with E-state index in [2.05, 4.69) is 9.47 Å². The standard InChI is InChI=1S/2C3H6NO.2ClH.Pt/c2*1-3(4)5-2;;;/h2*1-2H3;2*1H;/q2*-1;;;+4/p-2. The van der Waals surface area contributed by atoms with Gasteiger partial charge < -0.3 is 20.3 Å². The van der Waals surface area contributed by atoms with Gasteiger partial charge in [0.1, 0.15) is 0 Å². The fraction of sp³-hybridized carbons (Fsp3) is 0.667. The average molecular weight is 410 g/mol. The van der Waals surface area contributed by atoms with Crippen LogP contribution in [0.5, 0.6) is 0 Å². The van der Waals surface area contributed by atoms with Crippen molar-refractivity contribution in [2.24, 2.45) is 0 Å². The molecule has 0 heterocycles. The summed E-state index contributed by atoms with van der Waals surface area (Å²) in [7, 11) is 12.6. The van der Waals surface area contributed by atoms with Gasteiger partial charge >= 0.3 is 35.3 Å². The molecule has 0 N–H and O–H groups in total. The average Bonchev–Trinajstić information content (AvgIpc) is 2.07. The quantitative estimate of drug-likeness (QED) is 0.456. The van der Waals surface area contributed by atoms with Crippen LogP contribution in [0.15, 0.2) is 0 Å². The molecule has 0 rings (SSSR count). The van der Waals surface area contributed by atoms with Crippen LogP contribution < -0.4 is 0 Å². The number of nitrogens with zero attached hydrogens (tertiary/aromatic N) is 2. The molecule has 0 aromatic heterocycles. The van der Waals surface area contributed by atoms with Crippen molar-refractivity contribution in [1.29, 1.82) is 0 Å². The normalized spacial score (nSPS) is 6.92. The number of rotatable bonds is 0. The Balaban J connectivity index is -0.000000120. The molecule has 0 aromatic rings. The monoisotopic (exact) mass is 409 g/mol. The van der Waals surface area contributed by atoms with E-state index < -0.39 is 16.5 Å². The molecule has 0 aromatic carbocycles. The molecule has 0 atom stereocenters. The van der Waals surface area contributed by atoms with Gasteiger partial charge in [0.25, 0.3) is 0 Å². The summed E-state index contributed by atoms with van der Waals surface area (Å²) >= 11 is -0.472. The molecule has 0 aliphatic rings. The SMILES string of the molecule is COC(C)=[N-].COC(C)=[N-].[Cl][Pt+2][Cl]. The second kappa shape index (κ2) is 18.1. The predicted octanol–water partition coefficient (Wildman–Crippen LogP) is 2.62. The fourth-order valence-corrected chi connectivity index (χ4v) is 0. The maximum absolute atomic E-state index is 8.06. The third-order valence-corrected chi connectivity index (χ3v) is 0.591. The first kappa shape index (κ1) is 18.9.